The highest BCUT2D eigenvalue weighted by Crippen LogP contribution is 2.40. The molecular weight excluding hydrogens is 653 g/mol. The maximum Gasteiger partial charge on any atom is 0.166 e. The average molecular weight is 681 g/mol. The first-order valence-corrected chi connectivity index (χ1v) is 18.3. The summed E-state index contributed by atoms with van der Waals surface area (Å²) in [5, 5.41) is 9.65. The third-order valence-corrected chi connectivity index (χ3v) is 11.3. The van der Waals surface area contributed by atoms with Gasteiger partial charge in [0.15, 0.2) is 17.5 Å². The number of nitrogens with zero attached hydrogens (tertiary/aromatic N) is 4. The van der Waals surface area contributed by atoms with Crippen molar-refractivity contribution in [3.63, 3.8) is 0 Å². The van der Waals surface area contributed by atoms with Crippen LogP contribution in [0.25, 0.3) is 103 Å². The Morgan fingerprint density at radius 1 is 0.365 bits per heavy atom. The van der Waals surface area contributed by atoms with Gasteiger partial charge in [0.05, 0.1) is 16.7 Å². The molecule has 3 heterocycles. The molecule has 0 unspecified atom stereocenters. The van der Waals surface area contributed by atoms with Crippen molar-refractivity contribution in [1.82, 2.24) is 19.5 Å². The Labute approximate surface area is 302 Å². The van der Waals surface area contributed by atoms with E-state index in [9.17, 15) is 0 Å². The van der Waals surface area contributed by atoms with Gasteiger partial charge >= 0.3 is 0 Å². The van der Waals surface area contributed by atoms with Crippen LogP contribution in [-0.4, -0.2) is 19.5 Å². The van der Waals surface area contributed by atoms with Gasteiger partial charge in [0, 0.05) is 47.6 Å². The van der Waals surface area contributed by atoms with Gasteiger partial charge in [-0.2, -0.15) is 0 Å². The lowest BCUT2D eigenvalue weighted by molar-refractivity contribution is 1.07. The Morgan fingerprint density at radius 3 is 1.77 bits per heavy atom. The molecule has 11 aromatic rings. The number of hydrogen-bond acceptors (Lipinski definition) is 4. The summed E-state index contributed by atoms with van der Waals surface area (Å²) in [4.78, 5) is 15.7. The van der Waals surface area contributed by atoms with Crippen molar-refractivity contribution in [2.45, 2.75) is 0 Å². The van der Waals surface area contributed by atoms with Crippen molar-refractivity contribution in [2.24, 2.45) is 0 Å². The molecule has 0 aliphatic rings. The predicted molar refractivity (Wildman–Crippen MR) is 218 cm³/mol. The number of benzene rings is 8. The molecule has 11 rings (SSSR count). The van der Waals surface area contributed by atoms with Crippen molar-refractivity contribution < 1.29 is 0 Å². The van der Waals surface area contributed by atoms with Crippen LogP contribution < -0.4 is 0 Å². The van der Waals surface area contributed by atoms with Crippen LogP contribution >= 0.6 is 11.3 Å². The van der Waals surface area contributed by atoms with E-state index in [1.54, 1.807) is 11.3 Å². The molecule has 3 aromatic heterocycles. The van der Waals surface area contributed by atoms with Crippen molar-refractivity contribution in [3.8, 4) is 39.9 Å². The molecule has 4 nitrogen and oxygen atoms in total. The summed E-state index contributed by atoms with van der Waals surface area (Å²) in [6.07, 6.45) is 0. The van der Waals surface area contributed by atoms with E-state index in [1.807, 2.05) is 18.2 Å². The zero-order valence-electron chi connectivity index (χ0n) is 27.9. The second-order valence-electron chi connectivity index (χ2n) is 13.3. The zero-order valence-corrected chi connectivity index (χ0v) is 28.7. The summed E-state index contributed by atoms with van der Waals surface area (Å²) in [6, 6.07) is 60.4. The standard InChI is InChI=1S/C47H28N4S/c1-2-12-29(13-3-1)45-48-46(34-22-23-37-36-19-9-11-21-43(36)52-44(37)28-34)50-47(49-45)39-25-31-15-5-7-17-33(31)27-42(39)51-40-20-10-8-18-35(40)38-24-30-14-4-6-16-32(30)26-41(38)51/h1-28H. The highest BCUT2D eigenvalue weighted by molar-refractivity contribution is 7.25. The zero-order chi connectivity index (χ0) is 34.2. The van der Waals surface area contributed by atoms with Gasteiger partial charge in [0.2, 0.25) is 0 Å². The van der Waals surface area contributed by atoms with Gasteiger partial charge in [0.25, 0.3) is 0 Å². The second-order valence-corrected chi connectivity index (χ2v) is 14.4. The SMILES string of the molecule is c1ccc(-c2nc(-c3ccc4c(c3)sc3ccccc34)nc(-c3cc4ccccc4cc3-n3c4ccccc4c4cc5ccccc5cc43)n2)cc1. The van der Waals surface area contributed by atoms with E-state index in [0.29, 0.717) is 17.5 Å². The molecule has 0 atom stereocenters. The summed E-state index contributed by atoms with van der Waals surface area (Å²) >= 11 is 1.80. The summed E-state index contributed by atoms with van der Waals surface area (Å²) in [6.45, 7) is 0. The van der Waals surface area contributed by atoms with Crippen molar-refractivity contribution in [1.29, 1.82) is 0 Å². The van der Waals surface area contributed by atoms with Crippen LogP contribution in [0.4, 0.5) is 0 Å². The minimum Gasteiger partial charge on any atom is -0.308 e. The molecule has 0 N–H and O–H groups in total. The van der Waals surface area contributed by atoms with Gasteiger partial charge in [0.1, 0.15) is 0 Å². The summed E-state index contributed by atoms with van der Waals surface area (Å²) in [5.41, 5.74) is 6.16. The second kappa shape index (κ2) is 11.4. The Bertz CT molecular complexity index is 3190. The molecular formula is C47H28N4S. The van der Waals surface area contributed by atoms with E-state index >= 15 is 0 Å². The third-order valence-electron chi connectivity index (χ3n) is 10.2. The molecule has 242 valence electrons. The lowest BCUT2D eigenvalue weighted by atomic mass is 10.0. The van der Waals surface area contributed by atoms with Crippen molar-refractivity contribution in [3.05, 3.63) is 170 Å². The highest BCUT2D eigenvalue weighted by atomic mass is 32.1. The largest absolute Gasteiger partial charge is 0.308 e. The quantitative estimate of drug-likeness (QED) is 0.186. The maximum absolute atomic E-state index is 5.32. The molecule has 0 fully saturated rings. The molecule has 0 saturated heterocycles. The molecule has 0 spiro atoms. The van der Waals surface area contributed by atoms with Crippen LogP contribution in [0.15, 0.2) is 170 Å². The first-order chi connectivity index (χ1) is 25.7. The smallest absolute Gasteiger partial charge is 0.166 e. The van der Waals surface area contributed by atoms with Gasteiger partial charge in [-0.1, -0.05) is 127 Å². The van der Waals surface area contributed by atoms with E-state index in [4.69, 9.17) is 15.0 Å². The fraction of sp³-hybridized carbons (Fsp3) is 0. The van der Waals surface area contributed by atoms with E-state index in [1.165, 1.54) is 41.7 Å². The van der Waals surface area contributed by atoms with Gasteiger partial charge in [-0.3, -0.25) is 0 Å². The van der Waals surface area contributed by atoms with Gasteiger partial charge in [-0.25, -0.2) is 15.0 Å². The number of rotatable bonds is 4. The van der Waals surface area contributed by atoms with Crippen molar-refractivity contribution >= 4 is 74.9 Å². The van der Waals surface area contributed by atoms with E-state index in [2.05, 4.69) is 156 Å². The predicted octanol–water partition coefficient (Wildman–Crippen LogP) is 12.6. The Kier molecular flexibility index (Phi) is 6.39. The van der Waals surface area contributed by atoms with E-state index in [0.717, 1.165) is 44.2 Å². The lowest BCUT2D eigenvalue weighted by Gasteiger charge is -2.16. The maximum atomic E-state index is 5.32. The Morgan fingerprint density at radius 2 is 0.962 bits per heavy atom. The fourth-order valence-corrected chi connectivity index (χ4v) is 8.86. The number of para-hydroxylation sites is 1. The topological polar surface area (TPSA) is 43.6 Å². The minimum absolute atomic E-state index is 0.632. The minimum atomic E-state index is 0.632. The molecule has 8 aromatic carbocycles. The molecule has 5 heteroatoms. The number of aromatic nitrogens is 4. The average Bonchev–Trinajstić information content (AvgIpc) is 3.74. The molecule has 0 saturated carbocycles. The van der Waals surface area contributed by atoms with Crippen LogP contribution in [0.3, 0.4) is 0 Å². The highest BCUT2D eigenvalue weighted by Gasteiger charge is 2.21. The van der Waals surface area contributed by atoms with E-state index < -0.39 is 0 Å². The van der Waals surface area contributed by atoms with Crippen LogP contribution in [0.5, 0.6) is 0 Å². The fourth-order valence-electron chi connectivity index (χ4n) is 7.71. The molecule has 0 aliphatic carbocycles. The normalized spacial score (nSPS) is 11.8. The van der Waals surface area contributed by atoms with Crippen LogP contribution in [0, 0.1) is 0 Å². The Balaban J connectivity index is 1.22. The monoisotopic (exact) mass is 680 g/mol. The van der Waals surface area contributed by atoms with Crippen LogP contribution in [0.2, 0.25) is 0 Å². The number of hydrogen-bond donors (Lipinski definition) is 0. The van der Waals surface area contributed by atoms with Gasteiger partial charge < -0.3 is 4.57 Å². The molecule has 52 heavy (non-hydrogen) atoms. The molecule has 0 amide bonds. The third kappa shape index (κ3) is 4.57. The molecule has 0 radical (unpaired) electrons. The summed E-state index contributed by atoms with van der Waals surface area (Å²) in [5.74, 6) is 1.92. The summed E-state index contributed by atoms with van der Waals surface area (Å²) < 4.78 is 4.88. The Hall–Kier alpha value is -6.69. The number of fused-ring (bicyclic) bond motifs is 8. The molecule has 0 aliphatic heterocycles. The van der Waals surface area contributed by atoms with E-state index in [-0.39, 0.29) is 0 Å². The van der Waals surface area contributed by atoms with Crippen LogP contribution in [0.1, 0.15) is 0 Å². The van der Waals surface area contributed by atoms with Gasteiger partial charge in [-0.05, 0) is 64.0 Å². The summed E-state index contributed by atoms with van der Waals surface area (Å²) in [7, 11) is 0. The number of thiophene rings is 1. The lowest BCUT2D eigenvalue weighted by Crippen LogP contribution is -2.04. The first kappa shape index (κ1) is 29.1. The molecule has 0 bridgehead atoms. The van der Waals surface area contributed by atoms with Crippen LogP contribution in [-0.2, 0) is 0 Å². The first-order valence-electron chi connectivity index (χ1n) is 17.4. The van der Waals surface area contributed by atoms with Crippen molar-refractivity contribution in [2.75, 3.05) is 0 Å². The van der Waals surface area contributed by atoms with Gasteiger partial charge in [-0.15, -0.1) is 11.3 Å².